The van der Waals surface area contributed by atoms with Crippen LogP contribution in [0.1, 0.15) is 57.2 Å². The monoisotopic (exact) mass is 275 g/mol. The van der Waals surface area contributed by atoms with Crippen molar-refractivity contribution in [2.75, 3.05) is 5.73 Å². The number of H-pyrrole nitrogens is 1. The molecular formula is C14H21N5O. The summed E-state index contributed by atoms with van der Waals surface area (Å²) >= 11 is 0. The van der Waals surface area contributed by atoms with Crippen LogP contribution < -0.4 is 5.73 Å². The number of hydrogen-bond acceptors (Lipinski definition) is 5. The van der Waals surface area contributed by atoms with Crippen LogP contribution in [0.5, 0.6) is 0 Å². The van der Waals surface area contributed by atoms with Crippen LogP contribution in [0, 0.1) is 5.92 Å². The molecule has 0 spiro atoms. The van der Waals surface area contributed by atoms with E-state index in [4.69, 9.17) is 10.3 Å². The van der Waals surface area contributed by atoms with Crippen molar-refractivity contribution in [3.8, 4) is 11.6 Å². The molecule has 6 heteroatoms. The fourth-order valence-corrected chi connectivity index (χ4v) is 3.07. The van der Waals surface area contributed by atoms with E-state index >= 15 is 0 Å². The predicted octanol–water partition coefficient (Wildman–Crippen LogP) is 3.12. The van der Waals surface area contributed by atoms with Gasteiger partial charge in [0.1, 0.15) is 11.5 Å². The fraction of sp³-hybridized carbons (Fsp3) is 0.643. The molecule has 0 aromatic carbocycles. The lowest BCUT2D eigenvalue weighted by Gasteiger charge is -2.26. The Labute approximate surface area is 118 Å². The summed E-state index contributed by atoms with van der Waals surface area (Å²) in [7, 11) is 0. The second-order valence-electron chi connectivity index (χ2n) is 5.67. The number of hydrogen-bond donors (Lipinski definition) is 2. The third-order valence-corrected chi connectivity index (χ3v) is 4.18. The number of nitrogens with zero attached hydrogens (tertiary/aromatic N) is 3. The molecule has 3 N–H and O–H groups in total. The van der Waals surface area contributed by atoms with Gasteiger partial charge < -0.3 is 10.3 Å². The summed E-state index contributed by atoms with van der Waals surface area (Å²) in [5, 5.41) is 10.8. The zero-order chi connectivity index (χ0) is 13.9. The van der Waals surface area contributed by atoms with Crippen LogP contribution in [0.25, 0.3) is 11.6 Å². The summed E-state index contributed by atoms with van der Waals surface area (Å²) in [4.78, 5) is 4.48. The minimum atomic E-state index is 0.430. The summed E-state index contributed by atoms with van der Waals surface area (Å²) in [6.07, 6.45) is 7.50. The van der Waals surface area contributed by atoms with Gasteiger partial charge in [-0.3, -0.25) is 5.10 Å². The van der Waals surface area contributed by atoms with Crippen LogP contribution >= 0.6 is 0 Å². The summed E-state index contributed by atoms with van der Waals surface area (Å²) < 4.78 is 5.30. The molecule has 3 rings (SSSR count). The predicted molar refractivity (Wildman–Crippen MR) is 75.9 cm³/mol. The SMILES string of the molecule is CCCC1CCC(c2noc(-c3cc(N)n[nH]3)n2)CC1. The molecule has 0 bridgehead atoms. The Morgan fingerprint density at radius 1 is 1.35 bits per heavy atom. The van der Waals surface area contributed by atoms with Gasteiger partial charge in [0, 0.05) is 12.0 Å². The lowest BCUT2D eigenvalue weighted by molar-refractivity contribution is 0.296. The number of aromatic nitrogens is 4. The normalized spacial score (nSPS) is 23.1. The topological polar surface area (TPSA) is 93.6 Å². The molecule has 1 saturated carbocycles. The molecule has 20 heavy (non-hydrogen) atoms. The molecule has 0 radical (unpaired) electrons. The van der Waals surface area contributed by atoms with Gasteiger partial charge in [-0.05, 0) is 31.6 Å². The molecule has 108 valence electrons. The first-order valence-electron chi connectivity index (χ1n) is 7.41. The molecule has 0 atom stereocenters. The number of nitrogen functional groups attached to an aromatic ring is 1. The van der Waals surface area contributed by atoms with Crippen LogP contribution in [0.3, 0.4) is 0 Å². The van der Waals surface area contributed by atoms with E-state index in [0.717, 1.165) is 24.6 Å². The average molecular weight is 275 g/mol. The minimum absolute atomic E-state index is 0.430. The number of anilines is 1. The first-order valence-corrected chi connectivity index (χ1v) is 7.41. The van der Waals surface area contributed by atoms with E-state index in [-0.39, 0.29) is 0 Å². The Kier molecular flexibility index (Phi) is 3.71. The molecule has 1 aliphatic carbocycles. The molecule has 1 aliphatic rings. The van der Waals surface area contributed by atoms with Crippen LogP contribution in [0.4, 0.5) is 5.82 Å². The van der Waals surface area contributed by atoms with Gasteiger partial charge in [0.2, 0.25) is 0 Å². The molecular weight excluding hydrogens is 254 g/mol. The molecule has 0 amide bonds. The minimum Gasteiger partial charge on any atom is -0.382 e. The lowest BCUT2D eigenvalue weighted by atomic mass is 9.80. The maximum atomic E-state index is 5.58. The van der Waals surface area contributed by atoms with Gasteiger partial charge in [-0.15, -0.1) is 0 Å². The Bertz CT molecular complexity index is 553. The van der Waals surface area contributed by atoms with Crippen molar-refractivity contribution >= 4 is 5.82 Å². The van der Waals surface area contributed by atoms with Gasteiger partial charge in [-0.2, -0.15) is 10.1 Å². The van der Waals surface area contributed by atoms with Gasteiger partial charge in [0.25, 0.3) is 5.89 Å². The first-order chi connectivity index (χ1) is 9.76. The molecule has 0 aliphatic heterocycles. The lowest BCUT2D eigenvalue weighted by Crippen LogP contribution is -2.14. The van der Waals surface area contributed by atoms with Crippen molar-refractivity contribution in [2.24, 2.45) is 5.92 Å². The fourth-order valence-electron chi connectivity index (χ4n) is 3.07. The smallest absolute Gasteiger partial charge is 0.276 e. The van der Waals surface area contributed by atoms with Crippen LogP contribution in [-0.2, 0) is 0 Å². The van der Waals surface area contributed by atoms with Crippen LogP contribution in [0.2, 0.25) is 0 Å². The molecule has 1 fully saturated rings. The van der Waals surface area contributed by atoms with E-state index < -0.39 is 0 Å². The van der Waals surface area contributed by atoms with Gasteiger partial charge in [-0.1, -0.05) is 24.9 Å². The summed E-state index contributed by atoms with van der Waals surface area (Å²) in [6, 6.07) is 1.70. The Morgan fingerprint density at radius 3 is 2.80 bits per heavy atom. The molecule has 2 aromatic heterocycles. The van der Waals surface area contributed by atoms with Crippen molar-refractivity contribution in [1.82, 2.24) is 20.3 Å². The highest BCUT2D eigenvalue weighted by atomic mass is 16.5. The molecule has 0 saturated heterocycles. The Hall–Kier alpha value is -1.85. The highest BCUT2D eigenvalue weighted by Gasteiger charge is 2.25. The highest BCUT2D eigenvalue weighted by Crippen LogP contribution is 2.36. The Balaban J connectivity index is 1.66. The number of nitrogens with two attached hydrogens (primary N) is 1. The molecule has 0 unspecified atom stereocenters. The second-order valence-corrected chi connectivity index (χ2v) is 5.67. The standard InChI is InChI=1S/C14H21N5O/c1-2-3-9-4-6-10(7-5-9)13-16-14(20-19-13)11-8-12(15)18-17-11/h8-10H,2-7H2,1H3,(H3,15,17,18). The van der Waals surface area contributed by atoms with Gasteiger partial charge in [0.15, 0.2) is 5.82 Å². The number of nitrogens with one attached hydrogen (secondary N) is 1. The summed E-state index contributed by atoms with van der Waals surface area (Å²) in [5.74, 6) is 3.04. The Morgan fingerprint density at radius 2 is 2.15 bits per heavy atom. The van der Waals surface area contributed by atoms with Crippen molar-refractivity contribution in [1.29, 1.82) is 0 Å². The van der Waals surface area contributed by atoms with Crippen molar-refractivity contribution in [3.63, 3.8) is 0 Å². The van der Waals surface area contributed by atoms with E-state index in [0.29, 0.717) is 23.3 Å². The quantitative estimate of drug-likeness (QED) is 0.894. The van der Waals surface area contributed by atoms with Gasteiger partial charge >= 0.3 is 0 Å². The first kappa shape index (κ1) is 13.1. The van der Waals surface area contributed by atoms with Gasteiger partial charge in [-0.25, -0.2) is 0 Å². The van der Waals surface area contributed by atoms with Gasteiger partial charge in [0.05, 0.1) is 0 Å². The second kappa shape index (κ2) is 5.64. The maximum Gasteiger partial charge on any atom is 0.276 e. The van der Waals surface area contributed by atoms with E-state index in [1.54, 1.807) is 6.07 Å². The summed E-state index contributed by atoms with van der Waals surface area (Å²) in [6.45, 7) is 2.26. The van der Waals surface area contributed by atoms with Crippen LogP contribution in [-0.4, -0.2) is 20.3 Å². The van der Waals surface area contributed by atoms with Crippen molar-refractivity contribution in [2.45, 2.75) is 51.4 Å². The van der Waals surface area contributed by atoms with Crippen molar-refractivity contribution < 1.29 is 4.52 Å². The van der Waals surface area contributed by atoms with E-state index in [2.05, 4.69) is 27.3 Å². The average Bonchev–Trinajstić information content (AvgIpc) is 3.09. The maximum absolute atomic E-state index is 5.58. The third-order valence-electron chi connectivity index (χ3n) is 4.18. The third kappa shape index (κ3) is 2.69. The number of rotatable bonds is 4. The molecule has 2 heterocycles. The highest BCUT2D eigenvalue weighted by molar-refractivity contribution is 5.51. The van der Waals surface area contributed by atoms with Crippen LogP contribution in [0.15, 0.2) is 10.6 Å². The largest absolute Gasteiger partial charge is 0.382 e. The molecule has 6 nitrogen and oxygen atoms in total. The molecule has 2 aromatic rings. The summed E-state index contributed by atoms with van der Waals surface area (Å²) in [5.41, 5.74) is 6.26. The zero-order valence-electron chi connectivity index (χ0n) is 11.8. The van der Waals surface area contributed by atoms with E-state index in [1.807, 2.05) is 0 Å². The van der Waals surface area contributed by atoms with E-state index in [9.17, 15) is 0 Å². The number of aromatic amines is 1. The zero-order valence-corrected chi connectivity index (χ0v) is 11.8. The van der Waals surface area contributed by atoms with E-state index in [1.165, 1.54) is 25.7 Å². The van der Waals surface area contributed by atoms with Crippen molar-refractivity contribution in [3.05, 3.63) is 11.9 Å².